The Balaban J connectivity index is 0.930. The van der Waals surface area contributed by atoms with Crippen LogP contribution in [0.5, 0.6) is 0 Å². The lowest BCUT2D eigenvalue weighted by Gasteiger charge is -2.61. The second-order valence-corrected chi connectivity index (χ2v) is 19.7. The highest BCUT2D eigenvalue weighted by atomic mass is 32.2. The Morgan fingerprint density at radius 2 is 1.65 bits per heavy atom. The number of methoxy groups -OCH3 is 2. The monoisotopic (exact) mass is 811 g/mol. The second-order valence-electron chi connectivity index (χ2n) is 17.8. The van der Waals surface area contributed by atoms with Crippen molar-refractivity contribution in [2.45, 2.75) is 86.2 Å². The van der Waals surface area contributed by atoms with Crippen LogP contribution in [0.15, 0.2) is 47.4 Å². The molecule has 2 aromatic rings. The number of benzene rings is 2. The highest BCUT2D eigenvalue weighted by Crippen LogP contribution is 2.54. The number of likely N-dealkylation sites (tertiary alicyclic amines) is 3. The number of rotatable bonds is 14. The van der Waals surface area contributed by atoms with E-state index < -0.39 is 27.0 Å². The molecule has 2 aromatic carbocycles. The van der Waals surface area contributed by atoms with Gasteiger partial charge in [0.2, 0.25) is 15.9 Å². The van der Waals surface area contributed by atoms with Crippen LogP contribution in [0.2, 0.25) is 0 Å². The third kappa shape index (κ3) is 7.29. The molecule has 57 heavy (non-hydrogen) atoms. The molecule has 1 aliphatic carbocycles. The van der Waals surface area contributed by atoms with Gasteiger partial charge in [0.05, 0.1) is 36.3 Å². The van der Waals surface area contributed by atoms with Crippen LogP contribution in [0, 0.1) is 29.4 Å². The summed E-state index contributed by atoms with van der Waals surface area (Å²) in [5, 5.41) is 0. The lowest BCUT2D eigenvalue weighted by Crippen LogP contribution is -2.78. The normalized spacial score (nSPS) is 26.3. The molecule has 5 saturated heterocycles. The predicted molar refractivity (Wildman–Crippen MR) is 212 cm³/mol. The molecule has 3 atom stereocenters. The smallest absolute Gasteiger partial charge is 0.305 e. The van der Waals surface area contributed by atoms with Crippen molar-refractivity contribution in [3.63, 3.8) is 0 Å². The lowest BCUT2D eigenvalue weighted by molar-refractivity contribution is -0.158. The zero-order valence-electron chi connectivity index (χ0n) is 33.8. The summed E-state index contributed by atoms with van der Waals surface area (Å²) in [6, 6.07) is 11.4. The van der Waals surface area contributed by atoms with E-state index in [0.29, 0.717) is 50.6 Å². The molecule has 11 nitrogen and oxygen atoms in total. The number of hydrogen-bond donors (Lipinski definition) is 0. The molecule has 1 saturated carbocycles. The van der Waals surface area contributed by atoms with Crippen LogP contribution >= 0.6 is 0 Å². The van der Waals surface area contributed by atoms with Crippen molar-refractivity contribution in [3.8, 4) is 0 Å². The average Bonchev–Trinajstić information content (AvgIpc) is 3.60. The predicted octanol–water partition coefficient (Wildman–Crippen LogP) is 4.89. The van der Waals surface area contributed by atoms with Gasteiger partial charge in [-0.3, -0.25) is 9.59 Å². The summed E-state index contributed by atoms with van der Waals surface area (Å²) in [7, 11) is -0.734. The summed E-state index contributed by atoms with van der Waals surface area (Å²) in [5.74, 6) is -0.224. The van der Waals surface area contributed by atoms with Crippen LogP contribution in [-0.4, -0.2) is 137 Å². The number of amides is 1. The van der Waals surface area contributed by atoms with Gasteiger partial charge in [-0.1, -0.05) is 25.5 Å². The van der Waals surface area contributed by atoms with E-state index in [4.69, 9.17) is 9.47 Å². The first-order valence-corrected chi connectivity index (χ1v) is 22.5. The van der Waals surface area contributed by atoms with Gasteiger partial charge in [0, 0.05) is 58.1 Å². The minimum Gasteiger partial charge on any atom is -0.469 e. The zero-order chi connectivity index (χ0) is 40.2. The van der Waals surface area contributed by atoms with Gasteiger partial charge in [-0.05, 0) is 118 Å². The van der Waals surface area contributed by atoms with Crippen molar-refractivity contribution in [1.29, 1.82) is 0 Å². The summed E-state index contributed by atoms with van der Waals surface area (Å²) in [5.41, 5.74) is 0.187. The van der Waals surface area contributed by atoms with E-state index in [0.717, 1.165) is 82.9 Å². The first-order valence-electron chi connectivity index (χ1n) is 21.0. The first-order chi connectivity index (χ1) is 27.3. The van der Waals surface area contributed by atoms with E-state index in [-0.39, 0.29) is 52.9 Å². The summed E-state index contributed by atoms with van der Waals surface area (Å²) < 4.78 is 70.3. The number of piperidine rings is 1. The molecule has 14 heteroatoms. The number of halogens is 2. The summed E-state index contributed by atoms with van der Waals surface area (Å²) in [6.45, 7) is 9.22. The van der Waals surface area contributed by atoms with Gasteiger partial charge in [0.15, 0.2) is 0 Å². The van der Waals surface area contributed by atoms with Crippen LogP contribution in [0.4, 0.5) is 14.5 Å². The highest BCUT2D eigenvalue weighted by Gasteiger charge is 2.58. The molecule has 1 spiro atoms. The molecule has 5 aliphatic heterocycles. The fourth-order valence-electron chi connectivity index (χ4n) is 11.4. The average molecular weight is 812 g/mol. The lowest BCUT2D eigenvalue weighted by atomic mass is 9.56. The Labute approximate surface area is 336 Å². The molecule has 0 unspecified atom stereocenters. The number of anilines is 1. The van der Waals surface area contributed by atoms with Gasteiger partial charge >= 0.3 is 5.97 Å². The molecule has 5 heterocycles. The van der Waals surface area contributed by atoms with Crippen LogP contribution in [-0.2, 0) is 34.5 Å². The molecular weight excluding hydrogens is 753 g/mol. The standard InChI is InChI=1S/C43H59F2N5O6S/c1-4-39(51)50-21-16-41(50)25-49(26-41)57(53,54)35-12-13-38(37(45)24-35)48-28-42(29-48,56-3)27-47-19-14-32(15-20-47)43(30-46-17-7-18-46,33-9-6-10-34(44)23-33)36-11-5-8-31(36)22-40(52)55-2/h6,9-10,12-13,23-24,31-32,36H,4-5,7-8,11,14-22,25-30H2,1-3H3/t31-,36+,43+/m1/s1. The van der Waals surface area contributed by atoms with Crippen molar-refractivity contribution in [2.75, 3.05) is 91.1 Å². The second kappa shape index (κ2) is 15.8. The number of esters is 1. The third-order valence-corrected chi connectivity index (χ3v) is 16.6. The number of carbonyl (C=O) groups is 2. The zero-order valence-corrected chi connectivity index (χ0v) is 34.6. The van der Waals surface area contributed by atoms with Crippen molar-refractivity contribution in [3.05, 3.63) is 59.7 Å². The van der Waals surface area contributed by atoms with Crippen molar-refractivity contribution in [1.82, 2.24) is 19.0 Å². The van der Waals surface area contributed by atoms with E-state index >= 15 is 8.78 Å². The fourth-order valence-corrected chi connectivity index (χ4v) is 13.1. The summed E-state index contributed by atoms with van der Waals surface area (Å²) >= 11 is 0. The van der Waals surface area contributed by atoms with Crippen molar-refractivity contribution >= 4 is 27.6 Å². The maximum absolute atomic E-state index is 15.7. The molecule has 8 rings (SSSR count). The number of sulfonamides is 1. The molecule has 6 fully saturated rings. The summed E-state index contributed by atoms with van der Waals surface area (Å²) in [4.78, 5) is 33.5. The van der Waals surface area contributed by atoms with Crippen LogP contribution in [0.25, 0.3) is 0 Å². The molecule has 0 bridgehead atoms. The Kier molecular flexibility index (Phi) is 11.2. The summed E-state index contributed by atoms with van der Waals surface area (Å²) in [6.07, 6.45) is 7.63. The Morgan fingerprint density at radius 1 is 0.895 bits per heavy atom. The Morgan fingerprint density at radius 3 is 2.25 bits per heavy atom. The minimum atomic E-state index is -3.90. The quantitative estimate of drug-likeness (QED) is 0.247. The van der Waals surface area contributed by atoms with Crippen molar-refractivity contribution in [2.24, 2.45) is 17.8 Å². The van der Waals surface area contributed by atoms with Gasteiger partial charge in [-0.15, -0.1) is 0 Å². The minimum absolute atomic E-state index is 0.0337. The van der Waals surface area contributed by atoms with Gasteiger partial charge in [0.25, 0.3) is 0 Å². The Bertz CT molecular complexity index is 1930. The largest absolute Gasteiger partial charge is 0.469 e. The van der Waals surface area contributed by atoms with Gasteiger partial charge in [-0.2, -0.15) is 4.31 Å². The topological polar surface area (TPSA) is 103 Å². The molecular formula is C43H59F2N5O6S. The van der Waals surface area contributed by atoms with E-state index in [1.54, 1.807) is 24.1 Å². The van der Waals surface area contributed by atoms with E-state index in [2.05, 4.69) is 15.9 Å². The first kappa shape index (κ1) is 40.6. The van der Waals surface area contributed by atoms with Gasteiger partial charge in [0.1, 0.15) is 17.2 Å². The van der Waals surface area contributed by atoms with Gasteiger partial charge in [-0.25, -0.2) is 17.2 Å². The SMILES string of the molecule is CCC(=O)N1CCC12CN(S(=O)(=O)c1ccc(N3CC(CN4CCC([C@@](CN5CCC5)(c5cccc(F)c5)[C@H]5CCC[C@@H]5CC(=O)OC)CC4)(OC)C3)c(F)c1)C2. The van der Waals surface area contributed by atoms with E-state index in [9.17, 15) is 18.0 Å². The molecule has 1 amide bonds. The third-order valence-electron chi connectivity index (χ3n) is 14.8. The number of nitrogens with zero attached hydrogens (tertiary/aromatic N) is 5. The maximum Gasteiger partial charge on any atom is 0.305 e. The number of hydrogen-bond acceptors (Lipinski definition) is 9. The van der Waals surface area contributed by atoms with E-state index in [1.807, 2.05) is 17.9 Å². The fraction of sp³-hybridized carbons (Fsp3) is 0.674. The van der Waals surface area contributed by atoms with Gasteiger partial charge < -0.3 is 29.1 Å². The van der Waals surface area contributed by atoms with Crippen molar-refractivity contribution < 1.29 is 36.3 Å². The van der Waals surface area contributed by atoms with Crippen LogP contribution in [0.3, 0.4) is 0 Å². The van der Waals surface area contributed by atoms with Crippen LogP contribution < -0.4 is 4.90 Å². The molecule has 0 aromatic heterocycles. The van der Waals surface area contributed by atoms with Crippen LogP contribution in [0.1, 0.15) is 70.3 Å². The molecule has 312 valence electrons. The number of ether oxygens (including phenoxy) is 2. The molecule has 0 N–H and O–H groups in total. The maximum atomic E-state index is 15.7. The van der Waals surface area contributed by atoms with E-state index in [1.165, 1.54) is 30.0 Å². The Hall–Kier alpha value is -3.17. The molecule has 6 aliphatic rings. The highest BCUT2D eigenvalue weighted by molar-refractivity contribution is 7.89. The number of carbonyl (C=O) groups excluding carboxylic acids is 2. The molecule has 0 radical (unpaired) electrons.